The van der Waals surface area contributed by atoms with Crippen LogP contribution in [0.2, 0.25) is 5.02 Å². The van der Waals surface area contributed by atoms with Crippen molar-refractivity contribution in [2.24, 2.45) is 11.8 Å². The quantitative estimate of drug-likeness (QED) is 0.448. The van der Waals surface area contributed by atoms with Crippen molar-refractivity contribution in [3.63, 3.8) is 0 Å². The number of benzene rings is 2. The zero-order valence-electron chi connectivity index (χ0n) is 24.1. The van der Waals surface area contributed by atoms with Crippen LogP contribution in [0, 0.1) is 11.8 Å². The first-order valence-electron chi connectivity index (χ1n) is 14.9. The minimum Gasteiger partial charge on any atom is -0.444 e. The molecule has 4 atom stereocenters. The maximum atomic E-state index is 14.0. The van der Waals surface area contributed by atoms with Crippen LogP contribution in [-0.4, -0.2) is 64.8 Å². The number of carbonyl (C=O) groups is 2. The largest absolute Gasteiger partial charge is 0.444 e. The molecule has 0 spiro atoms. The van der Waals surface area contributed by atoms with Gasteiger partial charge in [0.05, 0.1) is 6.10 Å². The molecule has 40 heavy (non-hydrogen) atoms. The van der Waals surface area contributed by atoms with Crippen molar-refractivity contribution < 1.29 is 19.4 Å². The zero-order valence-corrected chi connectivity index (χ0v) is 24.8. The van der Waals surface area contributed by atoms with Gasteiger partial charge in [-0.1, -0.05) is 67.3 Å². The molecule has 0 aromatic heterocycles. The fourth-order valence-electron chi connectivity index (χ4n) is 7.33. The summed E-state index contributed by atoms with van der Waals surface area (Å²) >= 11 is 6.25. The molecule has 2 aromatic rings. The summed E-state index contributed by atoms with van der Waals surface area (Å²) in [6, 6.07) is 16.3. The van der Waals surface area contributed by atoms with Gasteiger partial charge in [-0.2, -0.15) is 0 Å². The van der Waals surface area contributed by atoms with Crippen molar-refractivity contribution in [2.75, 3.05) is 26.2 Å². The summed E-state index contributed by atoms with van der Waals surface area (Å²) in [4.78, 5) is 30.1. The molecule has 2 aromatic carbocycles. The van der Waals surface area contributed by atoms with Crippen molar-refractivity contribution in [1.82, 2.24) is 9.80 Å². The van der Waals surface area contributed by atoms with E-state index in [1.807, 2.05) is 49.9 Å². The molecule has 2 aliphatic carbocycles. The van der Waals surface area contributed by atoms with Gasteiger partial charge in [-0.3, -0.25) is 4.79 Å². The number of aliphatic hydroxyl groups excluding tert-OH is 1. The van der Waals surface area contributed by atoms with E-state index in [1.54, 1.807) is 4.90 Å². The predicted octanol–water partition coefficient (Wildman–Crippen LogP) is 6.68. The van der Waals surface area contributed by atoms with Crippen molar-refractivity contribution in [1.29, 1.82) is 0 Å². The Kier molecular flexibility index (Phi) is 8.49. The van der Waals surface area contributed by atoms with Crippen molar-refractivity contribution in [2.45, 2.75) is 82.8 Å². The number of aliphatic hydroxyl groups is 1. The van der Waals surface area contributed by atoms with E-state index in [0.717, 1.165) is 42.4 Å². The molecule has 3 aliphatic rings. The maximum Gasteiger partial charge on any atom is 0.410 e. The van der Waals surface area contributed by atoms with Gasteiger partial charge in [0.15, 0.2) is 0 Å². The molecule has 5 rings (SSSR count). The van der Waals surface area contributed by atoms with Crippen LogP contribution >= 0.6 is 11.6 Å². The summed E-state index contributed by atoms with van der Waals surface area (Å²) in [5, 5.41) is 12.4. The average Bonchev–Trinajstić information content (AvgIpc) is 2.94. The molecule has 0 radical (unpaired) electrons. The van der Waals surface area contributed by atoms with Crippen LogP contribution in [0.1, 0.15) is 71.3 Å². The Labute approximate surface area is 243 Å². The predicted molar refractivity (Wildman–Crippen MR) is 158 cm³/mol. The lowest BCUT2D eigenvalue weighted by Gasteiger charge is -2.54. The molecule has 2 amide bonds. The number of hydrogen-bond acceptors (Lipinski definition) is 4. The van der Waals surface area contributed by atoms with Crippen LogP contribution in [-0.2, 0) is 14.9 Å². The number of nitrogens with zero attached hydrogens (tertiary/aromatic N) is 2. The monoisotopic (exact) mass is 566 g/mol. The fraction of sp³-hybridized carbons (Fsp3) is 0.576. The Morgan fingerprint density at radius 1 is 0.925 bits per heavy atom. The number of carbonyl (C=O) groups excluding carboxylic acids is 2. The number of ether oxygens (including phenoxy) is 1. The van der Waals surface area contributed by atoms with E-state index in [2.05, 4.69) is 24.3 Å². The van der Waals surface area contributed by atoms with Gasteiger partial charge < -0.3 is 19.6 Å². The average molecular weight is 567 g/mol. The lowest BCUT2D eigenvalue weighted by Crippen LogP contribution is -2.57. The first kappa shape index (κ1) is 28.9. The molecule has 216 valence electrons. The van der Waals surface area contributed by atoms with Gasteiger partial charge in [-0.05, 0) is 80.7 Å². The Morgan fingerprint density at radius 3 is 2.27 bits per heavy atom. The van der Waals surface area contributed by atoms with Gasteiger partial charge in [0.1, 0.15) is 5.60 Å². The van der Waals surface area contributed by atoms with E-state index in [9.17, 15) is 14.7 Å². The van der Waals surface area contributed by atoms with Gasteiger partial charge in [0.25, 0.3) is 0 Å². The third kappa shape index (κ3) is 6.03. The van der Waals surface area contributed by atoms with Crippen LogP contribution in [0.4, 0.5) is 4.79 Å². The SMILES string of the molecule is CC(C)(C)OC(=O)N1CCN(C(=O)CC2(c3ccc(-c4cccc(Cl)c4)cc3)C(O)CCC3CCCCC32)CC1. The molecule has 2 saturated carbocycles. The highest BCUT2D eigenvalue weighted by Crippen LogP contribution is 2.54. The zero-order chi connectivity index (χ0) is 28.5. The highest BCUT2D eigenvalue weighted by molar-refractivity contribution is 6.30. The van der Waals surface area contributed by atoms with E-state index in [4.69, 9.17) is 16.3 Å². The van der Waals surface area contributed by atoms with Gasteiger partial charge in [-0.25, -0.2) is 4.79 Å². The summed E-state index contributed by atoms with van der Waals surface area (Å²) in [6.07, 6.45) is 5.70. The summed E-state index contributed by atoms with van der Waals surface area (Å²) in [6.45, 7) is 7.45. The van der Waals surface area contributed by atoms with Crippen LogP contribution in [0.3, 0.4) is 0 Å². The van der Waals surface area contributed by atoms with Crippen molar-refractivity contribution in [3.05, 3.63) is 59.1 Å². The van der Waals surface area contributed by atoms with E-state index in [1.165, 1.54) is 12.8 Å². The molecule has 1 saturated heterocycles. The summed E-state index contributed by atoms with van der Waals surface area (Å²) < 4.78 is 5.53. The molecule has 6 nitrogen and oxygen atoms in total. The lowest BCUT2D eigenvalue weighted by atomic mass is 9.52. The first-order valence-corrected chi connectivity index (χ1v) is 15.2. The summed E-state index contributed by atoms with van der Waals surface area (Å²) in [5.74, 6) is 0.864. The van der Waals surface area contributed by atoms with Gasteiger partial charge in [-0.15, -0.1) is 0 Å². The smallest absolute Gasteiger partial charge is 0.410 e. The van der Waals surface area contributed by atoms with Gasteiger partial charge in [0.2, 0.25) is 5.91 Å². The van der Waals surface area contributed by atoms with E-state index in [0.29, 0.717) is 37.1 Å². The number of rotatable bonds is 4. The molecule has 4 unspecified atom stereocenters. The second kappa shape index (κ2) is 11.7. The minimum atomic E-state index is -0.615. The Hall–Kier alpha value is -2.57. The van der Waals surface area contributed by atoms with Crippen molar-refractivity contribution in [3.8, 4) is 11.1 Å². The van der Waals surface area contributed by atoms with Crippen LogP contribution in [0.5, 0.6) is 0 Å². The highest BCUT2D eigenvalue weighted by atomic mass is 35.5. The molecular formula is C33H43ClN2O4. The van der Waals surface area contributed by atoms with Crippen LogP contribution in [0.15, 0.2) is 48.5 Å². The molecule has 1 heterocycles. The molecule has 3 fully saturated rings. The number of fused-ring (bicyclic) bond motifs is 1. The summed E-state index contributed by atoms with van der Waals surface area (Å²) in [5.41, 5.74) is 2.01. The fourth-order valence-corrected chi connectivity index (χ4v) is 7.52. The first-order chi connectivity index (χ1) is 19.1. The third-order valence-corrected chi connectivity index (χ3v) is 9.52. The number of amides is 2. The van der Waals surface area contributed by atoms with E-state index < -0.39 is 17.1 Å². The lowest BCUT2D eigenvalue weighted by molar-refractivity contribution is -0.139. The second-order valence-electron chi connectivity index (χ2n) is 12.9. The Morgan fingerprint density at radius 2 is 1.60 bits per heavy atom. The Bertz CT molecular complexity index is 1200. The normalized spacial score (nSPS) is 27.2. The van der Waals surface area contributed by atoms with Crippen LogP contribution < -0.4 is 0 Å². The van der Waals surface area contributed by atoms with E-state index in [-0.39, 0.29) is 24.3 Å². The van der Waals surface area contributed by atoms with E-state index >= 15 is 0 Å². The second-order valence-corrected chi connectivity index (χ2v) is 13.3. The molecular weight excluding hydrogens is 524 g/mol. The molecule has 1 aliphatic heterocycles. The number of halogens is 1. The highest BCUT2D eigenvalue weighted by Gasteiger charge is 2.54. The van der Waals surface area contributed by atoms with Crippen LogP contribution in [0.25, 0.3) is 11.1 Å². The third-order valence-electron chi connectivity index (χ3n) is 9.28. The Balaban J connectivity index is 1.39. The maximum absolute atomic E-state index is 14.0. The van der Waals surface area contributed by atoms with Gasteiger partial charge in [0, 0.05) is 43.0 Å². The molecule has 1 N–H and O–H groups in total. The van der Waals surface area contributed by atoms with Gasteiger partial charge >= 0.3 is 6.09 Å². The number of hydrogen-bond donors (Lipinski definition) is 1. The standard InChI is InChI=1S/C33H43ClN2O4/c1-32(2,3)40-31(39)36-19-17-35(18-20-36)30(38)22-33(28-10-5-4-7-24(28)13-16-29(33)37)26-14-11-23(12-15-26)25-8-6-9-27(34)21-25/h6,8-9,11-12,14-15,21,24,28-29,37H,4-5,7,10,13,16-20,22H2,1-3H3. The minimum absolute atomic E-state index is 0.0630. The molecule has 0 bridgehead atoms. The molecule has 7 heteroatoms. The number of piperazine rings is 1. The summed E-state index contributed by atoms with van der Waals surface area (Å²) in [7, 11) is 0. The van der Waals surface area contributed by atoms with Crippen molar-refractivity contribution >= 4 is 23.6 Å². The topological polar surface area (TPSA) is 70.1 Å².